The van der Waals surface area contributed by atoms with Crippen LogP contribution in [0, 0.1) is 6.92 Å². The Labute approximate surface area is 109 Å². The van der Waals surface area contributed by atoms with Gasteiger partial charge in [0.05, 0.1) is 20.1 Å². The third-order valence-corrected chi connectivity index (χ3v) is 3.58. The van der Waals surface area contributed by atoms with Gasteiger partial charge >= 0.3 is 6.09 Å². The summed E-state index contributed by atoms with van der Waals surface area (Å²) in [5.41, 5.74) is 2.21. The zero-order chi connectivity index (χ0) is 13.8. The fourth-order valence-electron chi connectivity index (χ4n) is 1.82. The van der Waals surface area contributed by atoms with Crippen molar-refractivity contribution in [2.45, 2.75) is 20.8 Å². The first-order chi connectivity index (χ1) is 8.46. The van der Waals surface area contributed by atoms with Crippen LogP contribution in [-0.2, 0) is 0 Å². The van der Waals surface area contributed by atoms with Gasteiger partial charge in [-0.2, -0.15) is 0 Å². The van der Waals surface area contributed by atoms with Gasteiger partial charge in [-0.25, -0.2) is 4.79 Å². The highest BCUT2D eigenvalue weighted by Crippen LogP contribution is 2.27. The van der Waals surface area contributed by atoms with E-state index in [1.165, 1.54) is 5.69 Å². The van der Waals surface area contributed by atoms with Crippen molar-refractivity contribution in [1.29, 1.82) is 0 Å². The zero-order valence-corrected chi connectivity index (χ0v) is 11.9. The highest BCUT2D eigenvalue weighted by Gasteiger charge is 2.21. The van der Waals surface area contributed by atoms with Crippen LogP contribution in [0.1, 0.15) is 19.4 Å². The molecule has 0 saturated carbocycles. The highest BCUT2D eigenvalue weighted by atomic mass is 16.6. The van der Waals surface area contributed by atoms with E-state index in [1.807, 2.05) is 19.1 Å². The van der Waals surface area contributed by atoms with E-state index in [2.05, 4.69) is 32.3 Å². The smallest absolute Gasteiger partial charge is 0.410 e. The fraction of sp³-hybridized carbons (Fsp3) is 0.500. The van der Waals surface area contributed by atoms with Crippen molar-refractivity contribution >= 4 is 11.8 Å². The van der Waals surface area contributed by atoms with Crippen molar-refractivity contribution < 1.29 is 9.53 Å². The molecule has 0 fully saturated rings. The van der Waals surface area contributed by atoms with Gasteiger partial charge in [0.2, 0.25) is 0 Å². The predicted octanol–water partition coefficient (Wildman–Crippen LogP) is 2.69. The maximum absolute atomic E-state index is 11.2. The Hall–Kier alpha value is -1.55. The Morgan fingerprint density at radius 3 is 2.39 bits per heavy atom. The number of ether oxygens (including phenoxy) is 1. The number of hydrogen-bond donors (Lipinski definition) is 1. The van der Waals surface area contributed by atoms with Crippen molar-refractivity contribution in [3.8, 4) is 5.75 Å². The molecule has 0 heterocycles. The van der Waals surface area contributed by atoms with Gasteiger partial charge in [0.15, 0.2) is 0 Å². The highest BCUT2D eigenvalue weighted by molar-refractivity contribution is 5.70. The molecule has 100 valence electrons. The molecule has 0 spiro atoms. The van der Waals surface area contributed by atoms with Crippen molar-refractivity contribution in [2.24, 2.45) is 0 Å². The minimum absolute atomic E-state index is 0.436. The van der Waals surface area contributed by atoms with Gasteiger partial charge in [0, 0.05) is 19.2 Å². The van der Waals surface area contributed by atoms with E-state index in [4.69, 9.17) is 4.74 Å². The first-order valence-corrected chi connectivity index (χ1v) is 6.32. The van der Waals surface area contributed by atoms with Crippen molar-refractivity contribution in [2.75, 3.05) is 27.2 Å². The predicted molar refractivity (Wildman–Crippen MR) is 75.1 cm³/mol. The van der Waals surface area contributed by atoms with Gasteiger partial charge in [0.25, 0.3) is 0 Å². The molecule has 1 amide bonds. The summed E-state index contributed by atoms with van der Waals surface area (Å²) in [5.74, 6) is 0.608. The quantitative estimate of drug-likeness (QED) is 0.836. The molecule has 0 aromatic heterocycles. The summed E-state index contributed by atoms with van der Waals surface area (Å²) in [6.45, 7) is 8.37. The van der Waals surface area contributed by atoms with E-state index in [1.54, 1.807) is 7.05 Å². The molecular weight excluding hydrogens is 228 g/mol. The fourth-order valence-corrected chi connectivity index (χ4v) is 1.82. The summed E-state index contributed by atoms with van der Waals surface area (Å²) in [6, 6.07) is 5.98. The Morgan fingerprint density at radius 1 is 1.33 bits per heavy atom. The summed E-state index contributed by atoms with van der Waals surface area (Å²) in [5, 5.41) is 2.44. The lowest BCUT2D eigenvalue weighted by atomic mass is 10.1. The number of aryl methyl sites for hydroxylation is 1. The van der Waals surface area contributed by atoms with Crippen LogP contribution in [0.25, 0.3) is 0 Å². The second kappa shape index (κ2) is 5.87. The number of rotatable bonds is 4. The number of nitrogens with one attached hydrogen (secondary N) is 1. The van der Waals surface area contributed by atoms with Gasteiger partial charge in [-0.05, 0) is 32.4 Å². The van der Waals surface area contributed by atoms with Gasteiger partial charge in [0.1, 0.15) is 11.4 Å². The second-order valence-corrected chi connectivity index (χ2v) is 4.62. The molecule has 0 bridgehead atoms. The Morgan fingerprint density at radius 2 is 1.94 bits per heavy atom. The number of amides is 1. The van der Waals surface area contributed by atoms with Crippen LogP contribution >= 0.6 is 0 Å². The second-order valence-electron chi connectivity index (χ2n) is 4.62. The molecule has 0 aliphatic heterocycles. The standard InChI is InChI=1S/C14H22N2O2/c1-6-16(5,7-2)12-8-9-13(11(3)10-12)18-14(17)15-4/h8-10H,6-7H2,1-5H3/p+1. The molecule has 0 radical (unpaired) electrons. The summed E-state index contributed by atoms with van der Waals surface area (Å²) < 4.78 is 6.05. The number of nitrogens with zero attached hydrogens (tertiary/aromatic N) is 1. The lowest BCUT2D eigenvalue weighted by molar-refractivity contribution is 0.202. The zero-order valence-electron chi connectivity index (χ0n) is 11.9. The number of carbonyl (C=O) groups excluding carboxylic acids is 1. The SMILES string of the molecule is CC[N+](C)(CC)c1ccc(OC(=O)NC)c(C)c1. The van der Waals surface area contributed by atoms with Gasteiger partial charge in [-0.15, -0.1) is 0 Å². The first-order valence-electron chi connectivity index (χ1n) is 6.32. The lowest BCUT2D eigenvalue weighted by Gasteiger charge is -2.32. The number of quaternary nitrogens is 1. The van der Waals surface area contributed by atoms with Crippen LogP contribution in [0.2, 0.25) is 0 Å². The van der Waals surface area contributed by atoms with Crippen LogP contribution in [0.5, 0.6) is 5.75 Å². The summed E-state index contributed by atoms with van der Waals surface area (Å²) in [6.07, 6.45) is -0.436. The number of carbonyl (C=O) groups is 1. The summed E-state index contributed by atoms with van der Waals surface area (Å²) in [4.78, 5) is 11.2. The summed E-state index contributed by atoms with van der Waals surface area (Å²) in [7, 11) is 3.75. The Kier molecular flexibility index (Phi) is 4.73. The molecule has 0 aliphatic carbocycles. The molecule has 18 heavy (non-hydrogen) atoms. The van der Waals surface area contributed by atoms with E-state index in [9.17, 15) is 4.79 Å². The largest absolute Gasteiger partial charge is 0.412 e. The van der Waals surface area contributed by atoms with Crippen LogP contribution < -0.4 is 14.5 Å². The topological polar surface area (TPSA) is 38.3 Å². The van der Waals surface area contributed by atoms with Crippen LogP contribution in [0.15, 0.2) is 18.2 Å². The monoisotopic (exact) mass is 251 g/mol. The third-order valence-electron chi connectivity index (χ3n) is 3.58. The van der Waals surface area contributed by atoms with Gasteiger partial charge in [-0.1, -0.05) is 0 Å². The van der Waals surface area contributed by atoms with E-state index in [0.29, 0.717) is 5.75 Å². The van der Waals surface area contributed by atoms with Crippen molar-refractivity contribution in [1.82, 2.24) is 9.80 Å². The molecule has 4 heteroatoms. The van der Waals surface area contributed by atoms with Crippen molar-refractivity contribution in [3.63, 3.8) is 0 Å². The molecule has 1 aromatic carbocycles. The van der Waals surface area contributed by atoms with Gasteiger partial charge < -0.3 is 10.1 Å². The maximum Gasteiger partial charge on any atom is 0.412 e. The lowest BCUT2D eigenvalue weighted by Crippen LogP contribution is -2.44. The minimum Gasteiger partial charge on any atom is -0.410 e. The number of hydrogen-bond acceptors (Lipinski definition) is 2. The van der Waals surface area contributed by atoms with Crippen LogP contribution in [-0.4, -0.2) is 33.3 Å². The molecule has 4 nitrogen and oxygen atoms in total. The van der Waals surface area contributed by atoms with Crippen LogP contribution in [0.4, 0.5) is 10.5 Å². The van der Waals surface area contributed by atoms with E-state index in [0.717, 1.165) is 23.1 Å². The normalized spacial score (nSPS) is 11.2. The molecule has 1 aromatic rings. The molecule has 1 rings (SSSR count). The van der Waals surface area contributed by atoms with Crippen LogP contribution in [0.3, 0.4) is 0 Å². The molecule has 0 saturated heterocycles. The third kappa shape index (κ3) is 3.01. The molecule has 0 atom stereocenters. The number of benzene rings is 1. The average Bonchev–Trinajstić information content (AvgIpc) is 2.39. The summed E-state index contributed by atoms with van der Waals surface area (Å²) >= 11 is 0. The first kappa shape index (κ1) is 14.5. The van der Waals surface area contributed by atoms with Gasteiger partial charge in [-0.3, -0.25) is 4.48 Å². The maximum atomic E-state index is 11.2. The van der Waals surface area contributed by atoms with Crippen molar-refractivity contribution in [3.05, 3.63) is 23.8 Å². The van der Waals surface area contributed by atoms with E-state index < -0.39 is 6.09 Å². The minimum atomic E-state index is -0.436. The van der Waals surface area contributed by atoms with E-state index in [-0.39, 0.29) is 0 Å². The Balaban J connectivity index is 3.02. The molecule has 1 N–H and O–H groups in total. The Bertz CT molecular complexity index is 426. The molecule has 0 unspecified atom stereocenters. The van der Waals surface area contributed by atoms with E-state index >= 15 is 0 Å². The molecular formula is C14H23N2O2+. The average molecular weight is 251 g/mol. The molecule has 0 aliphatic rings.